The summed E-state index contributed by atoms with van der Waals surface area (Å²) in [6, 6.07) is 26.1. The zero-order chi connectivity index (χ0) is 19.5. The largest absolute Gasteiger partial charge is 0.386 e. The van der Waals surface area contributed by atoms with Gasteiger partial charge in [-0.3, -0.25) is 9.80 Å². The number of carbonyl (C=O) groups excluding carboxylic acids is 1. The molecular weight excluding hydrogens is 414 g/mol. The third-order valence-electron chi connectivity index (χ3n) is 5.04. The van der Waals surface area contributed by atoms with Gasteiger partial charge in [-0.2, -0.15) is 5.10 Å². The van der Waals surface area contributed by atoms with Gasteiger partial charge in [-0.05, 0) is 29.3 Å². The summed E-state index contributed by atoms with van der Waals surface area (Å²) >= 11 is 3.67. The predicted molar refractivity (Wildman–Crippen MR) is 118 cm³/mol. The molecule has 2 unspecified atom stereocenters. The van der Waals surface area contributed by atoms with Crippen molar-refractivity contribution < 1.29 is 4.79 Å². The van der Waals surface area contributed by atoms with E-state index in [9.17, 15) is 4.79 Å². The highest BCUT2D eigenvalue weighted by atomic mass is 79.9. The first-order chi connectivity index (χ1) is 13.7. The fourth-order valence-corrected chi connectivity index (χ4v) is 4.31. The van der Waals surface area contributed by atoms with Crippen LogP contribution in [-0.4, -0.2) is 19.0 Å². The molecule has 0 amide bonds. The van der Waals surface area contributed by atoms with Gasteiger partial charge >= 0.3 is 0 Å². The predicted octanol–water partition coefficient (Wildman–Crippen LogP) is 5.39. The number of nitrogens with one attached hydrogen (secondary N) is 1. The number of benzene rings is 3. The Morgan fingerprint density at radius 3 is 2.36 bits per heavy atom. The molecule has 4 rings (SSSR count). The van der Waals surface area contributed by atoms with Gasteiger partial charge in [0, 0.05) is 11.5 Å². The molecule has 0 saturated heterocycles. The number of nitrogens with zero attached hydrogens (tertiary/aromatic N) is 2. The number of hydrogen-bond acceptors (Lipinski definition) is 4. The van der Waals surface area contributed by atoms with Crippen LogP contribution in [0.5, 0.6) is 0 Å². The molecule has 1 N–H and O–H groups in total. The summed E-state index contributed by atoms with van der Waals surface area (Å²) < 4.78 is 0.972. The number of para-hydroxylation sites is 2. The van der Waals surface area contributed by atoms with Crippen molar-refractivity contribution in [3.8, 4) is 0 Å². The van der Waals surface area contributed by atoms with Crippen molar-refractivity contribution in [2.75, 3.05) is 17.4 Å². The Kier molecular flexibility index (Phi) is 5.26. The quantitative estimate of drug-likeness (QED) is 0.548. The Bertz CT molecular complexity index is 1020. The highest BCUT2D eigenvalue weighted by molar-refractivity contribution is 9.10. The molecule has 1 heterocycles. The molecule has 140 valence electrons. The highest BCUT2D eigenvalue weighted by Crippen LogP contribution is 2.47. The van der Waals surface area contributed by atoms with Crippen LogP contribution in [0.4, 0.5) is 11.4 Å². The zero-order valence-corrected chi connectivity index (χ0v) is 17.0. The first-order valence-electron chi connectivity index (χ1n) is 9.13. The molecule has 28 heavy (non-hydrogen) atoms. The van der Waals surface area contributed by atoms with Crippen LogP contribution >= 0.6 is 15.9 Å². The average molecular weight is 434 g/mol. The minimum absolute atomic E-state index is 0.130. The van der Waals surface area contributed by atoms with E-state index in [4.69, 9.17) is 5.10 Å². The molecule has 4 nitrogen and oxygen atoms in total. The van der Waals surface area contributed by atoms with Gasteiger partial charge in [-0.25, -0.2) is 0 Å². The van der Waals surface area contributed by atoms with Crippen LogP contribution < -0.4 is 10.3 Å². The third kappa shape index (κ3) is 3.22. The molecule has 0 bridgehead atoms. The van der Waals surface area contributed by atoms with E-state index in [0.717, 1.165) is 33.3 Å². The van der Waals surface area contributed by atoms with Gasteiger partial charge in [0.2, 0.25) is 0 Å². The van der Waals surface area contributed by atoms with E-state index in [1.54, 1.807) is 0 Å². The molecule has 3 aromatic rings. The second kappa shape index (κ2) is 7.98. The molecule has 0 saturated carbocycles. The van der Waals surface area contributed by atoms with Crippen molar-refractivity contribution >= 4 is 39.3 Å². The number of hydrogen-bond donors (Lipinski definition) is 1. The van der Waals surface area contributed by atoms with Gasteiger partial charge in [0.1, 0.15) is 5.71 Å². The minimum Gasteiger partial charge on any atom is -0.386 e. The van der Waals surface area contributed by atoms with E-state index in [2.05, 4.69) is 39.4 Å². The van der Waals surface area contributed by atoms with Crippen molar-refractivity contribution in [3.05, 3.63) is 94.5 Å². The zero-order valence-electron chi connectivity index (χ0n) is 15.4. The lowest BCUT2D eigenvalue weighted by atomic mass is 9.84. The van der Waals surface area contributed by atoms with Crippen LogP contribution in [0.1, 0.15) is 23.1 Å². The smallest absolute Gasteiger partial charge is 0.166 e. The lowest BCUT2D eigenvalue weighted by Gasteiger charge is -2.30. The maximum absolute atomic E-state index is 12.0. The topological polar surface area (TPSA) is 44.7 Å². The van der Waals surface area contributed by atoms with Gasteiger partial charge < -0.3 is 5.32 Å². The fraction of sp³-hybridized carbons (Fsp3) is 0.130. The van der Waals surface area contributed by atoms with Crippen molar-refractivity contribution in [1.82, 2.24) is 0 Å². The van der Waals surface area contributed by atoms with E-state index < -0.39 is 0 Å². The number of carbonyl (C=O) groups is 1. The number of rotatable bonds is 5. The van der Waals surface area contributed by atoms with Gasteiger partial charge in [0.25, 0.3) is 0 Å². The van der Waals surface area contributed by atoms with Crippen LogP contribution in [0, 0.1) is 0 Å². The molecule has 0 fully saturated rings. The highest BCUT2D eigenvalue weighted by Gasteiger charge is 2.41. The van der Waals surface area contributed by atoms with E-state index in [1.165, 1.54) is 0 Å². The second-order valence-corrected chi connectivity index (χ2v) is 7.46. The summed E-state index contributed by atoms with van der Waals surface area (Å²) in [6.45, 7) is 0. The standard InChI is InChI=1S/C23H20BrN3O/c1-25-19-13-7-8-14-21(19)27-23(16-9-3-2-4-10-16)22(20(15-28)26-27)17-11-5-6-12-18(17)24/h2-15,22-23,25H,1H3. The lowest BCUT2D eigenvalue weighted by Crippen LogP contribution is -2.25. The first kappa shape index (κ1) is 18.4. The maximum Gasteiger partial charge on any atom is 0.166 e. The van der Waals surface area contributed by atoms with E-state index in [1.807, 2.05) is 72.7 Å². The Labute approximate surface area is 173 Å². The number of aldehydes is 1. The van der Waals surface area contributed by atoms with Crippen molar-refractivity contribution in [1.29, 1.82) is 0 Å². The summed E-state index contributed by atoms with van der Waals surface area (Å²) in [5, 5.41) is 9.97. The number of anilines is 2. The molecular formula is C23H20BrN3O. The van der Waals surface area contributed by atoms with Crippen LogP contribution in [0.2, 0.25) is 0 Å². The van der Waals surface area contributed by atoms with Crippen molar-refractivity contribution in [2.45, 2.75) is 12.0 Å². The normalized spacial score (nSPS) is 18.6. The van der Waals surface area contributed by atoms with Crippen LogP contribution in [0.15, 0.2) is 88.4 Å². The van der Waals surface area contributed by atoms with Gasteiger partial charge in [-0.15, -0.1) is 0 Å². The van der Waals surface area contributed by atoms with Gasteiger partial charge in [0.05, 0.1) is 23.3 Å². The summed E-state index contributed by atoms with van der Waals surface area (Å²) in [6.07, 6.45) is 0.877. The molecule has 0 radical (unpaired) electrons. The SMILES string of the molecule is CNc1ccccc1N1N=C(C=O)C(c2ccccc2Br)C1c1ccccc1. The second-order valence-electron chi connectivity index (χ2n) is 6.61. The fourth-order valence-electron chi connectivity index (χ4n) is 3.78. The molecule has 0 aromatic heterocycles. The summed E-state index contributed by atoms with van der Waals surface area (Å²) in [7, 11) is 1.89. The first-order valence-corrected chi connectivity index (χ1v) is 9.93. The Morgan fingerprint density at radius 1 is 0.964 bits per heavy atom. The third-order valence-corrected chi connectivity index (χ3v) is 5.77. The summed E-state index contributed by atoms with van der Waals surface area (Å²) in [4.78, 5) is 12.0. The van der Waals surface area contributed by atoms with E-state index in [-0.39, 0.29) is 12.0 Å². The van der Waals surface area contributed by atoms with Gasteiger partial charge in [-0.1, -0.05) is 76.6 Å². The minimum atomic E-state index is -0.180. The number of halogens is 1. The van der Waals surface area contributed by atoms with Crippen molar-refractivity contribution in [2.24, 2.45) is 5.10 Å². The maximum atomic E-state index is 12.0. The Hall–Kier alpha value is -2.92. The molecule has 3 aromatic carbocycles. The van der Waals surface area contributed by atoms with Crippen LogP contribution in [-0.2, 0) is 4.79 Å². The molecule has 2 atom stereocenters. The van der Waals surface area contributed by atoms with E-state index in [0.29, 0.717) is 5.71 Å². The monoisotopic (exact) mass is 433 g/mol. The molecule has 0 aliphatic carbocycles. The average Bonchev–Trinajstić information content (AvgIpc) is 3.14. The Morgan fingerprint density at radius 2 is 1.64 bits per heavy atom. The molecule has 1 aliphatic heterocycles. The Balaban J connectivity index is 1.92. The van der Waals surface area contributed by atoms with E-state index >= 15 is 0 Å². The van der Waals surface area contributed by atoms with Crippen LogP contribution in [0.3, 0.4) is 0 Å². The summed E-state index contributed by atoms with van der Waals surface area (Å²) in [5.41, 5.74) is 4.58. The summed E-state index contributed by atoms with van der Waals surface area (Å²) in [5.74, 6) is -0.180. The number of hydrazone groups is 1. The van der Waals surface area contributed by atoms with Crippen molar-refractivity contribution in [3.63, 3.8) is 0 Å². The molecule has 0 spiro atoms. The van der Waals surface area contributed by atoms with Crippen LogP contribution in [0.25, 0.3) is 0 Å². The van der Waals surface area contributed by atoms with Gasteiger partial charge in [0.15, 0.2) is 6.29 Å². The molecule has 5 heteroatoms. The molecule has 1 aliphatic rings. The lowest BCUT2D eigenvalue weighted by molar-refractivity contribution is -0.102.